The van der Waals surface area contributed by atoms with E-state index in [0.717, 1.165) is 73.8 Å². The van der Waals surface area contributed by atoms with Gasteiger partial charge in [-0.2, -0.15) is 0 Å². The van der Waals surface area contributed by atoms with Crippen LogP contribution < -0.4 is 20.9 Å². The Morgan fingerprint density at radius 3 is 2.71 bits per heavy atom. The largest absolute Gasteiger partial charge is 0.480 e. The molecule has 0 aliphatic carbocycles. The molecule has 216 valence electrons. The first-order chi connectivity index (χ1) is 20.0. The Morgan fingerprint density at radius 2 is 1.95 bits per heavy atom. The molecule has 0 radical (unpaired) electrons. The number of pyridine rings is 1. The van der Waals surface area contributed by atoms with Crippen molar-refractivity contribution in [2.75, 3.05) is 41.7 Å². The third-order valence-electron chi connectivity index (χ3n) is 7.68. The Hall–Kier alpha value is -4.41. The molecule has 0 bridgehead atoms. The van der Waals surface area contributed by atoms with E-state index in [1.165, 1.54) is 11.9 Å². The van der Waals surface area contributed by atoms with Crippen molar-refractivity contribution >= 4 is 29.5 Å². The molecule has 2 aromatic heterocycles. The van der Waals surface area contributed by atoms with E-state index in [-0.39, 0.29) is 13.2 Å². The second-order valence-electron chi connectivity index (χ2n) is 10.4. The maximum atomic E-state index is 12.3. The fourth-order valence-electron chi connectivity index (χ4n) is 5.42. The van der Waals surface area contributed by atoms with E-state index in [9.17, 15) is 14.7 Å². The van der Waals surface area contributed by atoms with Crippen molar-refractivity contribution in [2.24, 2.45) is 0 Å². The number of anilines is 3. The number of hydrogen-bond acceptors (Lipinski definition) is 9. The summed E-state index contributed by atoms with van der Waals surface area (Å²) in [5, 5.41) is 18.7. The molecule has 1 atom stereocenters. The van der Waals surface area contributed by atoms with E-state index >= 15 is 0 Å². The molecule has 1 aromatic carbocycles. The smallest absolute Gasteiger partial charge is 0.408 e. The first-order valence-electron chi connectivity index (χ1n) is 14.3. The summed E-state index contributed by atoms with van der Waals surface area (Å²) < 4.78 is 5.19. The molecule has 0 spiro atoms. The summed E-state index contributed by atoms with van der Waals surface area (Å²) in [4.78, 5) is 40.3. The normalized spacial score (nSPS) is 15.8. The van der Waals surface area contributed by atoms with Gasteiger partial charge in [-0.15, -0.1) is 0 Å². The van der Waals surface area contributed by atoms with Crippen LogP contribution in [0.2, 0.25) is 0 Å². The number of ether oxygens (including phenoxy) is 1. The summed E-state index contributed by atoms with van der Waals surface area (Å²) in [6, 6.07) is 12.4. The monoisotopic (exact) mass is 559 g/mol. The van der Waals surface area contributed by atoms with Gasteiger partial charge >= 0.3 is 12.1 Å². The van der Waals surface area contributed by atoms with Gasteiger partial charge in [-0.05, 0) is 49.3 Å². The number of aliphatic carboxylic acids is 1. The van der Waals surface area contributed by atoms with E-state index < -0.39 is 18.1 Å². The molecule has 4 N–H and O–H groups in total. The lowest BCUT2D eigenvalue weighted by Gasteiger charge is -2.34. The average Bonchev–Trinajstić information content (AvgIpc) is 3.02. The zero-order chi connectivity index (χ0) is 28.6. The van der Waals surface area contributed by atoms with Crippen LogP contribution in [0.1, 0.15) is 54.5 Å². The van der Waals surface area contributed by atoms with Gasteiger partial charge in [0.05, 0.1) is 0 Å². The Morgan fingerprint density at radius 1 is 1.15 bits per heavy atom. The molecule has 41 heavy (non-hydrogen) atoms. The number of carbonyl (C=O) groups is 2. The molecule has 1 fully saturated rings. The fourth-order valence-corrected chi connectivity index (χ4v) is 5.42. The highest BCUT2D eigenvalue weighted by Gasteiger charge is 2.27. The number of carboxylic acid groups (broad SMARTS) is 1. The van der Waals surface area contributed by atoms with Crippen LogP contribution in [0, 0.1) is 0 Å². The summed E-state index contributed by atoms with van der Waals surface area (Å²) in [7, 11) is 0. The number of carbonyl (C=O) groups excluding carboxylic acids is 1. The zero-order valence-corrected chi connectivity index (χ0v) is 23.3. The predicted octanol–water partition coefficient (Wildman–Crippen LogP) is 3.97. The number of nitrogens with one attached hydrogen (secondary N) is 3. The SMILES string of the molecule is CCc1c(NCC(NC(=O)OCc2ccccc2)C(=O)O)ncnc1N1CCC(c2ccc3c(n2)NCCC3)CC1. The van der Waals surface area contributed by atoms with Crippen molar-refractivity contribution in [3.63, 3.8) is 0 Å². The number of aromatic nitrogens is 3. The predicted molar refractivity (Wildman–Crippen MR) is 156 cm³/mol. The number of nitrogens with zero attached hydrogens (tertiary/aromatic N) is 4. The quantitative estimate of drug-likeness (QED) is 0.288. The van der Waals surface area contributed by atoms with Crippen LogP contribution in [0.3, 0.4) is 0 Å². The highest BCUT2D eigenvalue weighted by molar-refractivity contribution is 5.80. The van der Waals surface area contributed by atoms with E-state index in [4.69, 9.17) is 9.72 Å². The summed E-state index contributed by atoms with van der Waals surface area (Å²) in [5.74, 6) is 1.68. The second kappa shape index (κ2) is 13.3. The number of rotatable bonds is 10. The molecular formula is C30H37N7O4. The number of aryl methyl sites for hydroxylation is 1. The maximum Gasteiger partial charge on any atom is 0.408 e. The molecule has 1 amide bonds. The number of piperidine rings is 1. The number of amides is 1. The van der Waals surface area contributed by atoms with E-state index in [2.05, 4.69) is 43.0 Å². The third kappa shape index (κ3) is 7.03. The van der Waals surface area contributed by atoms with Crippen LogP contribution >= 0.6 is 0 Å². The molecule has 2 aliphatic rings. The van der Waals surface area contributed by atoms with Gasteiger partial charge in [0, 0.05) is 43.4 Å². The standard InChI is InChI=1S/C30H37N7O4/c1-2-23-27(32-17-25(29(38)39)36-30(40)41-18-20-7-4-3-5-8-20)33-19-34-28(23)37-15-12-21(13-16-37)24-11-10-22-9-6-14-31-26(22)35-24/h3-5,7-8,10-11,19,21,25H,2,6,9,12-18H2,1H3,(H,31,35)(H,36,40)(H,38,39)(H,32,33,34). The minimum Gasteiger partial charge on any atom is -0.480 e. The Bertz CT molecular complexity index is 1350. The molecule has 5 rings (SSSR count). The molecule has 3 aromatic rings. The van der Waals surface area contributed by atoms with Crippen LogP contribution in [0.5, 0.6) is 0 Å². The second-order valence-corrected chi connectivity index (χ2v) is 10.4. The number of alkyl carbamates (subject to hydrolysis) is 1. The first-order valence-corrected chi connectivity index (χ1v) is 14.3. The lowest BCUT2D eigenvalue weighted by atomic mass is 9.92. The number of fused-ring (bicyclic) bond motifs is 1. The van der Waals surface area contributed by atoms with E-state index in [1.54, 1.807) is 0 Å². The van der Waals surface area contributed by atoms with E-state index in [0.29, 0.717) is 18.2 Å². The Balaban J connectivity index is 1.18. The van der Waals surface area contributed by atoms with Crippen molar-refractivity contribution in [3.8, 4) is 0 Å². The number of hydrogen-bond donors (Lipinski definition) is 4. The van der Waals surface area contributed by atoms with Crippen LogP contribution in [-0.4, -0.2) is 64.3 Å². The van der Waals surface area contributed by atoms with Crippen LogP contribution in [0.25, 0.3) is 0 Å². The molecule has 4 heterocycles. The summed E-state index contributed by atoms with van der Waals surface area (Å²) in [6.45, 7) is 4.68. The minimum atomic E-state index is -1.20. The van der Waals surface area contributed by atoms with Crippen molar-refractivity contribution < 1.29 is 19.4 Å². The summed E-state index contributed by atoms with van der Waals surface area (Å²) >= 11 is 0. The minimum absolute atomic E-state index is 0.0534. The lowest BCUT2D eigenvalue weighted by molar-refractivity contribution is -0.139. The first kappa shape index (κ1) is 28.1. The van der Waals surface area contributed by atoms with Gasteiger partial charge in [0.25, 0.3) is 0 Å². The Labute approximate surface area is 239 Å². The van der Waals surface area contributed by atoms with Gasteiger partial charge in [-0.1, -0.05) is 43.3 Å². The molecule has 1 unspecified atom stereocenters. The van der Waals surface area contributed by atoms with Crippen LogP contribution in [0.4, 0.5) is 22.2 Å². The third-order valence-corrected chi connectivity index (χ3v) is 7.68. The fraction of sp³-hybridized carbons (Fsp3) is 0.433. The Kier molecular flexibility index (Phi) is 9.12. The van der Waals surface area contributed by atoms with Crippen molar-refractivity contribution in [1.82, 2.24) is 20.3 Å². The van der Waals surface area contributed by atoms with Gasteiger partial charge in [0.2, 0.25) is 0 Å². The highest BCUT2D eigenvalue weighted by Crippen LogP contribution is 2.33. The maximum absolute atomic E-state index is 12.3. The van der Waals surface area contributed by atoms with Crippen molar-refractivity contribution in [2.45, 2.75) is 57.6 Å². The molecular weight excluding hydrogens is 522 g/mol. The highest BCUT2D eigenvalue weighted by atomic mass is 16.5. The van der Waals surface area contributed by atoms with Gasteiger partial charge in [0.1, 0.15) is 36.4 Å². The van der Waals surface area contributed by atoms with Crippen molar-refractivity contribution in [1.29, 1.82) is 0 Å². The van der Waals surface area contributed by atoms with Crippen molar-refractivity contribution in [3.05, 3.63) is 71.2 Å². The molecule has 2 aliphatic heterocycles. The molecule has 11 heteroatoms. The molecule has 11 nitrogen and oxygen atoms in total. The molecule has 1 saturated heterocycles. The number of benzene rings is 1. The van der Waals surface area contributed by atoms with Gasteiger partial charge in [0.15, 0.2) is 0 Å². The summed E-state index contributed by atoms with van der Waals surface area (Å²) in [5.41, 5.74) is 4.18. The van der Waals surface area contributed by atoms with E-state index in [1.807, 2.05) is 37.3 Å². The topological polar surface area (TPSA) is 142 Å². The molecule has 0 saturated carbocycles. The van der Waals surface area contributed by atoms with Gasteiger partial charge in [-0.3, -0.25) is 0 Å². The summed E-state index contributed by atoms with van der Waals surface area (Å²) in [6.07, 6.45) is 5.54. The van der Waals surface area contributed by atoms with Crippen LogP contribution in [0.15, 0.2) is 48.8 Å². The zero-order valence-electron chi connectivity index (χ0n) is 23.3. The average molecular weight is 560 g/mol. The number of carboxylic acids is 1. The van der Waals surface area contributed by atoms with Gasteiger partial charge < -0.3 is 30.7 Å². The lowest BCUT2D eigenvalue weighted by Crippen LogP contribution is -2.45. The van der Waals surface area contributed by atoms with Crippen LogP contribution in [-0.2, 0) is 29.0 Å². The van der Waals surface area contributed by atoms with Gasteiger partial charge in [-0.25, -0.2) is 24.5 Å².